The lowest BCUT2D eigenvalue weighted by Crippen LogP contribution is -2.57. The van der Waals surface area contributed by atoms with Crippen molar-refractivity contribution in [3.05, 3.63) is 42.0 Å². The summed E-state index contributed by atoms with van der Waals surface area (Å²) in [6.45, 7) is 15.0. The zero-order valence-corrected chi connectivity index (χ0v) is 38.6. The first-order chi connectivity index (χ1) is 28.4. The third kappa shape index (κ3) is 18.1. The second kappa shape index (κ2) is 26.6. The second-order valence-electron chi connectivity index (χ2n) is 17.1. The first kappa shape index (κ1) is 52.4. The van der Waals surface area contributed by atoms with Gasteiger partial charge >= 0.3 is 11.9 Å². The molecule has 60 heavy (non-hydrogen) atoms. The summed E-state index contributed by atoms with van der Waals surface area (Å²) >= 11 is 0. The summed E-state index contributed by atoms with van der Waals surface area (Å²) in [5.41, 5.74) is -1.92. The normalized spacial score (nSPS) is 15.9. The van der Waals surface area contributed by atoms with E-state index in [0.29, 0.717) is 30.9 Å². The minimum Gasteiger partial charge on any atom is -0.481 e. The van der Waals surface area contributed by atoms with Gasteiger partial charge in [0.2, 0.25) is 11.8 Å². The summed E-state index contributed by atoms with van der Waals surface area (Å²) in [5.74, 6) is 0.235. The number of nitrogens with one attached hydrogen (secondary N) is 2. The molecule has 0 saturated carbocycles. The number of carbonyl (C=O) groups is 4. The molecule has 338 valence electrons. The van der Waals surface area contributed by atoms with Crippen LogP contribution in [-0.4, -0.2) is 99.8 Å². The number of benzene rings is 1. The first-order valence-corrected chi connectivity index (χ1v) is 24.6. The molecule has 0 aliphatic carbocycles. The Hall–Kier alpha value is -3.74. The molecule has 14 heteroatoms. The van der Waals surface area contributed by atoms with Crippen LogP contribution in [0.15, 0.2) is 36.4 Å². The fourth-order valence-corrected chi connectivity index (χ4v) is 7.71. The molecular formula is C46H74N2O11Si. The van der Waals surface area contributed by atoms with Gasteiger partial charge in [-0.2, -0.15) is 0 Å². The van der Waals surface area contributed by atoms with E-state index in [1.54, 1.807) is 37.3 Å². The van der Waals surface area contributed by atoms with E-state index < -0.39 is 62.0 Å². The summed E-state index contributed by atoms with van der Waals surface area (Å²) in [6.07, 6.45) is 14.6. The van der Waals surface area contributed by atoms with Crippen molar-refractivity contribution in [1.82, 2.24) is 10.6 Å². The molecule has 0 unspecified atom stereocenters. The van der Waals surface area contributed by atoms with E-state index in [-0.39, 0.29) is 31.1 Å². The molecule has 1 fully saturated rings. The molecule has 4 N–H and O–H groups in total. The number of ether oxygens (including phenoxy) is 4. The lowest BCUT2D eigenvalue weighted by atomic mass is 9.83. The molecule has 0 spiro atoms. The van der Waals surface area contributed by atoms with Gasteiger partial charge in [0.15, 0.2) is 19.7 Å². The van der Waals surface area contributed by atoms with Crippen LogP contribution in [0.2, 0.25) is 18.1 Å². The number of hydrogen-bond acceptors (Lipinski definition) is 10. The number of allylic oxidation sites excluding steroid dienone is 1. The van der Waals surface area contributed by atoms with Gasteiger partial charge in [0.25, 0.3) is 0 Å². The number of carboxylic acid groups (broad SMARTS) is 1. The largest absolute Gasteiger partial charge is 0.481 e. The van der Waals surface area contributed by atoms with Crippen molar-refractivity contribution in [1.29, 1.82) is 0 Å². The van der Waals surface area contributed by atoms with Crippen LogP contribution in [0.3, 0.4) is 0 Å². The minimum atomic E-state index is -2.57. The Bertz CT molecular complexity index is 1560. The number of aliphatic hydroxyl groups is 1. The molecule has 3 atom stereocenters. The predicted octanol–water partition coefficient (Wildman–Crippen LogP) is 7.25. The number of rotatable bonds is 29. The van der Waals surface area contributed by atoms with E-state index in [4.69, 9.17) is 18.6 Å². The molecule has 2 rings (SSSR count). The Kier molecular flexibility index (Phi) is 23.2. The second-order valence-corrected chi connectivity index (χ2v) is 21.9. The van der Waals surface area contributed by atoms with E-state index in [2.05, 4.69) is 54.9 Å². The van der Waals surface area contributed by atoms with Crippen LogP contribution in [0, 0.1) is 17.8 Å². The monoisotopic (exact) mass is 859 g/mol. The highest BCUT2D eigenvalue weighted by Gasteiger charge is 2.48. The quantitative estimate of drug-likeness (QED) is 0.0210. The molecule has 0 aromatic heterocycles. The molecule has 0 radical (unpaired) electrons. The number of methoxy groups -OCH3 is 1. The fraction of sp³-hybridized carbons (Fsp3) is 0.696. The lowest BCUT2D eigenvalue weighted by molar-refractivity contribution is -0.168. The highest BCUT2D eigenvalue weighted by molar-refractivity contribution is 6.74. The van der Waals surface area contributed by atoms with E-state index >= 15 is 0 Å². The minimum absolute atomic E-state index is 0.0135. The van der Waals surface area contributed by atoms with Crippen LogP contribution < -0.4 is 15.4 Å². The average Bonchev–Trinajstić information content (AvgIpc) is 3.67. The van der Waals surface area contributed by atoms with Gasteiger partial charge in [-0.1, -0.05) is 96.4 Å². The van der Waals surface area contributed by atoms with E-state index in [1.807, 2.05) is 13.1 Å². The molecule has 0 bridgehead atoms. The van der Waals surface area contributed by atoms with Crippen LogP contribution in [0.5, 0.6) is 5.75 Å². The summed E-state index contributed by atoms with van der Waals surface area (Å²) in [4.78, 5) is 52.6. The zero-order valence-electron chi connectivity index (χ0n) is 37.6. The van der Waals surface area contributed by atoms with Crippen molar-refractivity contribution in [3.8, 4) is 17.6 Å². The van der Waals surface area contributed by atoms with Gasteiger partial charge in [-0.05, 0) is 68.4 Å². The molecule has 1 aromatic rings. The molecule has 1 heterocycles. The van der Waals surface area contributed by atoms with Gasteiger partial charge in [-0.15, -0.1) is 5.92 Å². The van der Waals surface area contributed by atoms with Crippen LogP contribution >= 0.6 is 0 Å². The maximum Gasteiger partial charge on any atom is 0.336 e. The number of carbonyl (C=O) groups excluding carboxylic acids is 3. The van der Waals surface area contributed by atoms with E-state index in [9.17, 15) is 29.4 Å². The van der Waals surface area contributed by atoms with Crippen molar-refractivity contribution in [2.24, 2.45) is 5.92 Å². The van der Waals surface area contributed by atoms with Crippen molar-refractivity contribution in [2.45, 2.75) is 160 Å². The topological polar surface area (TPSA) is 179 Å². The predicted molar refractivity (Wildman–Crippen MR) is 235 cm³/mol. The van der Waals surface area contributed by atoms with E-state index in [1.165, 1.54) is 38.9 Å². The fourth-order valence-electron chi connectivity index (χ4n) is 6.66. The first-order valence-electron chi connectivity index (χ1n) is 21.7. The number of hydrogen-bond donors (Lipinski definition) is 4. The SMILES string of the molecule is CC#CCOc1ccc(C[C@H](NC(=O)[C@@H](/C=C/CCCCCCC2(CCCCCCC)OCCO2)[C@@](O)(CCO[Si](C)(C)C(C)(C)C)C(=O)O)C(=O)NCC(=O)OC)cc1. The summed E-state index contributed by atoms with van der Waals surface area (Å²) in [7, 11) is -1.15. The Morgan fingerprint density at radius 1 is 0.950 bits per heavy atom. The number of carboxylic acids is 1. The molecule has 1 aliphatic heterocycles. The van der Waals surface area contributed by atoms with Crippen LogP contribution in [-0.2, 0) is 44.2 Å². The van der Waals surface area contributed by atoms with Gasteiger partial charge in [0, 0.05) is 32.3 Å². The molecule has 1 saturated heterocycles. The Morgan fingerprint density at radius 3 is 2.13 bits per heavy atom. The number of amides is 2. The summed E-state index contributed by atoms with van der Waals surface area (Å²) < 4.78 is 28.7. The van der Waals surface area contributed by atoms with Crippen LogP contribution in [0.25, 0.3) is 0 Å². The molecule has 2 amide bonds. The summed E-state index contributed by atoms with van der Waals surface area (Å²) in [5, 5.41) is 27.4. The maximum atomic E-state index is 14.3. The maximum absolute atomic E-state index is 14.3. The van der Waals surface area contributed by atoms with Crippen molar-refractivity contribution >= 4 is 32.1 Å². The zero-order chi connectivity index (χ0) is 44.7. The standard InChI is InChI=1S/C46H74N2O11Si/c1-9-11-13-17-20-27-45(57-32-33-58-45)28-21-18-15-14-16-19-22-38(46(54,43(52)53)29-31-59-60(7,8)44(3,4)5)41(50)48-39(42(51)47-35-40(49)55-6)34-36-23-25-37(26-24-36)56-30-12-10-2/h19,22-26,38-39,54H,9,11,13-18,20-21,27-35H2,1-8H3,(H,47,51)(H,48,50)(H,52,53)/b22-19+/t38-,39+,46+/m1/s1. The highest BCUT2D eigenvalue weighted by Crippen LogP contribution is 2.37. The highest BCUT2D eigenvalue weighted by atomic mass is 28.4. The van der Waals surface area contributed by atoms with Gasteiger partial charge in [-0.3, -0.25) is 14.4 Å². The van der Waals surface area contributed by atoms with Crippen molar-refractivity contribution in [2.75, 3.05) is 40.1 Å². The average molecular weight is 859 g/mol. The lowest BCUT2D eigenvalue weighted by Gasteiger charge is -2.37. The smallest absolute Gasteiger partial charge is 0.336 e. The molecule has 13 nitrogen and oxygen atoms in total. The summed E-state index contributed by atoms with van der Waals surface area (Å²) in [6, 6.07) is 5.63. The molecule has 1 aromatic carbocycles. The van der Waals surface area contributed by atoms with Crippen molar-refractivity contribution < 1.29 is 52.8 Å². The third-order valence-corrected chi connectivity index (χ3v) is 16.1. The number of esters is 1. The Morgan fingerprint density at radius 2 is 1.57 bits per heavy atom. The molecule has 1 aliphatic rings. The third-order valence-electron chi connectivity index (χ3n) is 11.5. The van der Waals surface area contributed by atoms with Gasteiger partial charge in [0.1, 0.15) is 24.9 Å². The van der Waals surface area contributed by atoms with Gasteiger partial charge in [-0.25, -0.2) is 4.79 Å². The number of unbranched alkanes of at least 4 members (excludes halogenated alkanes) is 8. The van der Waals surface area contributed by atoms with Gasteiger partial charge in [0.05, 0.1) is 26.2 Å². The molecular weight excluding hydrogens is 785 g/mol. The van der Waals surface area contributed by atoms with Gasteiger partial charge < -0.3 is 44.2 Å². The Labute approximate surface area is 360 Å². The van der Waals surface area contributed by atoms with Crippen LogP contribution in [0.1, 0.15) is 124 Å². The Balaban J connectivity index is 2.26. The number of aliphatic carboxylic acids is 1. The van der Waals surface area contributed by atoms with E-state index in [0.717, 1.165) is 44.9 Å². The van der Waals surface area contributed by atoms with Crippen LogP contribution in [0.4, 0.5) is 0 Å². The van der Waals surface area contributed by atoms with Crippen molar-refractivity contribution in [3.63, 3.8) is 0 Å².